The minimum atomic E-state index is -0.308. The fourth-order valence-electron chi connectivity index (χ4n) is 4.91. The molecule has 0 N–H and O–H groups in total. The second kappa shape index (κ2) is 10.5. The van der Waals surface area contributed by atoms with Gasteiger partial charge in [-0.25, -0.2) is 18.7 Å². The Morgan fingerprint density at radius 2 is 1.46 bits per heavy atom. The number of hydrogen-bond acceptors (Lipinski definition) is 4. The molecule has 1 fully saturated rings. The Labute approximate surface area is 224 Å². The molecule has 0 saturated carbocycles. The lowest BCUT2D eigenvalue weighted by molar-refractivity contribution is -0.126. The van der Waals surface area contributed by atoms with Gasteiger partial charge in [0, 0.05) is 49.7 Å². The number of halogens is 2. The number of piperazine rings is 1. The van der Waals surface area contributed by atoms with Crippen LogP contribution in [0.3, 0.4) is 0 Å². The molecule has 0 radical (unpaired) electrons. The number of aromatic nitrogens is 3. The van der Waals surface area contributed by atoms with Crippen molar-refractivity contribution >= 4 is 28.8 Å². The molecule has 39 heavy (non-hydrogen) atoms. The number of rotatable bonds is 5. The largest absolute Gasteiger partial charge is 0.352 e. The number of benzene rings is 3. The molecule has 1 saturated heterocycles. The van der Waals surface area contributed by atoms with Gasteiger partial charge in [0.05, 0.1) is 5.39 Å². The molecule has 1 amide bonds. The van der Waals surface area contributed by atoms with Crippen molar-refractivity contribution in [3.63, 3.8) is 0 Å². The summed E-state index contributed by atoms with van der Waals surface area (Å²) in [5, 5.41) is 0.906. The third-order valence-electron chi connectivity index (χ3n) is 6.93. The quantitative estimate of drug-likeness (QED) is 0.277. The average Bonchev–Trinajstić information content (AvgIpc) is 3.38. The number of fused-ring (bicyclic) bond motifs is 1. The van der Waals surface area contributed by atoms with E-state index in [2.05, 4.69) is 14.9 Å². The van der Waals surface area contributed by atoms with E-state index in [0.29, 0.717) is 26.2 Å². The lowest BCUT2D eigenvalue weighted by Crippen LogP contribution is -2.48. The molecule has 6 rings (SSSR count). The standard InChI is InChI=1S/C31H25F2N5O/c32-24-9-6-22(7-10-24)8-15-28(39)36-16-18-37(19-17-36)30-29-27(23-4-2-1-3-5-23)20-38(31(29)35-21-34-30)26-13-11-25(33)12-14-26/h1-15,20-21H,16-19H2/b15-8+. The highest BCUT2D eigenvalue weighted by atomic mass is 19.1. The predicted octanol–water partition coefficient (Wildman–Crippen LogP) is 5.73. The average molecular weight is 522 g/mol. The molecule has 1 aliphatic rings. The number of amides is 1. The summed E-state index contributed by atoms with van der Waals surface area (Å²) in [4.78, 5) is 26.1. The van der Waals surface area contributed by atoms with Crippen LogP contribution in [0.15, 0.2) is 97.5 Å². The molecule has 0 atom stereocenters. The van der Waals surface area contributed by atoms with Gasteiger partial charge in [0.15, 0.2) is 5.65 Å². The Morgan fingerprint density at radius 1 is 0.795 bits per heavy atom. The third-order valence-corrected chi connectivity index (χ3v) is 6.93. The molecule has 5 aromatic rings. The van der Waals surface area contributed by atoms with Gasteiger partial charge in [0.1, 0.15) is 23.8 Å². The summed E-state index contributed by atoms with van der Waals surface area (Å²) in [6, 6.07) is 22.4. The van der Waals surface area contributed by atoms with Crippen molar-refractivity contribution in [1.29, 1.82) is 0 Å². The zero-order chi connectivity index (χ0) is 26.8. The van der Waals surface area contributed by atoms with Crippen molar-refractivity contribution in [1.82, 2.24) is 19.4 Å². The summed E-state index contributed by atoms with van der Waals surface area (Å²) >= 11 is 0. The lowest BCUT2D eigenvalue weighted by atomic mass is 10.1. The molecule has 0 unspecified atom stereocenters. The van der Waals surface area contributed by atoms with Gasteiger partial charge in [-0.1, -0.05) is 42.5 Å². The summed E-state index contributed by atoms with van der Waals surface area (Å²) in [5.74, 6) is 0.110. The molecule has 8 heteroatoms. The maximum Gasteiger partial charge on any atom is 0.246 e. The molecular formula is C31H25F2N5O. The maximum atomic E-state index is 13.6. The molecule has 0 spiro atoms. The number of hydrogen-bond donors (Lipinski definition) is 0. The van der Waals surface area contributed by atoms with E-state index in [0.717, 1.165) is 39.2 Å². The van der Waals surface area contributed by atoms with Gasteiger partial charge in [-0.2, -0.15) is 0 Å². The van der Waals surface area contributed by atoms with E-state index in [4.69, 9.17) is 0 Å². The fraction of sp³-hybridized carbons (Fsp3) is 0.129. The van der Waals surface area contributed by atoms with Crippen LogP contribution < -0.4 is 4.90 Å². The summed E-state index contributed by atoms with van der Waals surface area (Å²) < 4.78 is 28.8. The summed E-state index contributed by atoms with van der Waals surface area (Å²) in [6.45, 7) is 2.30. The first kappa shape index (κ1) is 24.5. The van der Waals surface area contributed by atoms with Gasteiger partial charge in [-0.3, -0.25) is 4.79 Å². The van der Waals surface area contributed by atoms with E-state index in [1.807, 2.05) is 41.1 Å². The van der Waals surface area contributed by atoms with E-state index in [1.165, 1.54) is 30.3 Å². The van der Waals surface area contributed by atoms with Crippen molar-refractivity contribution in [2.75, 3.05) is 31.1 Å². The van der Waals surface area contributed by atoms with Gasteiger partial charge in [0.2, 0.25) is 5.91 Å². The van der Waals surface area contributed by atoms with E-state index >= 15 is 0 Å². The number of carbonyl (C=O) groups excluding carboxylic acids is 1. The molecule has 2 aromatic heterocycles. The van der Waals surface area contributed by atoms with Crippen LogP contribution in [0.5, 0.6) is 0 Å². The number of nitrogens with zero attached hydrogens (tertiary/aromatic N) is 5. The van der Waals surface area contributed by atoms with E-state index in [1.54, 1.807) is 41.6 Å². The Morgan fingerprint density at radius 3 is 2.15 bits per heavy atom. The van der Waals surface area contributed by atoms with Crippen molar-refractivity contribution in [2.45, 2.75) is 0 Å². The van der Waals surface area contributed by atoms with Gasteiger partial charge >= 0.3 is 0 Å². The summed E-state index contributed by atoms with van der Waals surface area (Å²) in [7, 11) is 0. The SMILES string of the molecule is O=C(/C=C/c1ccc(F)cc1)N1CCN(c2ncnc3c2c(-c2ccccc2)cn3-c2ccc(F)cc2)CC1. The van der Waals surface area contributed by atoms with Crippen LogP contribution in [0, 0.1) is 11.6 Å². The molecule has 3 heterocycles. The first-order chi connectivity index (χ1) is 19.1. The first-order valence-electron chi connectivity index (χ1n) is 12.7. The van der Waals surface area contributed by atoms with Crippen molar-refractivity contribution in [3.8, 4) is 16.8 Å². The summed E-state index contributed by atoms with van der Waals surface area (Å²) in [5.41, 5.74) is 4.30. The van der Waals surface area contributed by atoms with Crippen LogP contribution in [0.4, 0.5) is 14.6 Å². The monoisotopic (exact) mass is 521 g/mol. The van der Waals surface area contributed by atoms with E-state index < -0.39 is 0 Å². The maximum absolute atomic E-state index is 13.6. The number of anilines is 1. The van der Waals surface area contributed by atoms with Crippen LogP contribution in [-0.4, -0.2) is 51.5 Å². The molecular weight excluding hydrogens is 496 g/mol. The molecule has 0 bridgehead atoms. The molecule has 1 aliphatic heterocycles. The second-order valence-corrected chi connectivity index (χ2v) is 9.35. The zero-order valence-corrected chi connectivity index (χ0v) is 21.0. The van der Waals surface area contributed by atoms with Gasteiger partial charge < -0.3 is 14.4 Å². The zero-order valence-electron chi connectivity index (χ0n) is 21.0. The number of carbonyl (C=O) groups is 1. The Kier molecular flexibility index (Phi) is 6.59. The van der Waals surface area contributed by atoms with E-state index in [-0.39, 0.29) is 17.5 Å². The Bertz CT molecular complexity index is 1640. The highest BCUT2D eigenvalue weighted by Crippen LogP contribution is 2.37. The highest BCUT2D eigenvalue weighted by molar-refractivity contribution is 6.02. The van der Waals surface area contributed by atoms with Crippen LogP contribution >= 0.6 is 0 Å². The normalized spacial score (nSPS) is 13.9. The fourth-order valence-corrected chi connectivity index (χ4v) is 4.91. The topological polar surface area (TPSA) is 54.3 Å². The lowest BCUT2D eigenvalue weighted by Gasteiger charge is -2.35. The Balaban J connectivity index is 1.29. The molecule has 6 nitrogen and oxygen atoms in total. The van der Waals surface area contributed by atoms with Gasteiger partial charge in [0.25, 0.3) is 0 Å². The van der Waals surface area contributed by atoms with Crippen LogP contribution in [0.25, 0.3) is 33.9 Å². The molecule has 3 aromatic carbocycles. The highest BCUT2D eigenvalue weighted by Gasteiger charge is 2.25. The van der Waals surface area contributed by atoms with Gasteiger partial charge in [-0.05, 0) is 53.6 Å². The van der Waals surface area contributed by atoms with E-state index in [9.17, 15) is 13.6 Å². The molecule has 194 valence electrons. The second-order valence-electron chi connectivity index (χ2n) is 9.35. The minimum Gasteiger partial charge on any atom is -0.352 e. The van der Waals surface area contributed by atoms with Crippen molar-refractivity contribution in [3.05, 3.63) is 115 Å². The smallest absolute Gasteiger partial charge is 0.246 e. The minimum absolute atomic E-state index is 0.0840. The van der Waals surface area contributed by atoms with Crippen LogP contribution in [0.2, 0.25) is 0 Å². The van der Waals surface area contributed by atoms with Gasteiger partial charge in [-0.15, -0.1) is 0 Å². The van der Waals surface area contributed by atoms with Crippen molar-refractivity contribution in [2.24, 2.45) is 0 Å². The predicted molar refractivity (Wildman–Crippen MR) is 148 cm³/mol. The Hall–Kier alpha value is -4.85. The summed E-state index contributed by atoms with van der Waals surface area (Å²) in [6.07, 6.45) is 6.80. The van der Waals surface area contributed by atoms with Crippen LogP contribution in [-0.2, 0) is 4.79 Å². The first-order valence-corrected chi connectivity index (χ1v) is 12.7. The third kappa shape index (κ3) is 5.01. The molecule has 0 aliphatic carbocycles. The van der Waals surface area contributed by atoms with Crippen molar-refractivity contribution < 1.29 is 13.6 Å². The van der Waals surface area contributed by atoms with Crippen LogP contribution in [0.1, 0.15) is 5.56 Å².